The molecular weight excluding hydrogens is 482 g/mol. The van der Waals surface area contributed by atoms with Gasteiger partial charge in [-0.1, -0.05) is 12.1 Å². The van der Waals surface area contributed by atoms with Crippen molar-refractivity contribution < 1.29 is 19.1 Å². The zero-order valence-corrected chi connectivity index (χ0v) is 21.9. The van der Waals surface area contributed by atoms with Gasteiger partial charge >= 0.3 is 0 Å². The minimum Gasteiger partial charge on any atom is -0.497 e. The van der Waals surface area contributed by atoms with E-state index in [1.807, 2.05) is 41.3 Å². The first kappa shape index (κ1) is 26.7. The van der Waals surface area contributed by atoms with Crippen LogP contribution in [-0.4, -0.2) is 85.3 Å². The van der Waals surface area contributed by atoms with Crippen LogP contribution in [0, 0.1) is 0 Å². The molecule has 3 aromatic rings. The van der Waals surface area contributed by atoms with Gasteiger partial charge in [0.2, 0.25) is 5.91 Å². The lowest BCUT2D eigenvalue weighted by molar-refractivity contribution is -0.131. The van der Waals surface area contributed by atoms with Crippen LogP contribution in [0.1, 0.15) is 16.8 Å². The number of methoxy groups -OCH3 is 2. The predicted octanol–water partition coefficient (Wildman–Crippen LogP) is 3.53. The highest BCUT2D eigenvalue weighted by molar-refractivity contribution is 5.97. The lowest BCUT2D eigenvalue weighted by Gasteiger charge is -2.26. The predicted molar refractivity (Wildman–Crippen MR) is 147 cm³/mol. The molecule has 198 valence electrons. The van der Waals surface area contributed by atoms with Gasteiger partial charge < -0.3 is 24.2 Å². The number of benzene rings is 2. The van der Waals surface area contributed by atoms with Crippen molar-refractivity contribution in [3.63, 3.8) is 0 Å². The third-order valence-corrected chi connectivity index (χ3v) is 6.49. The summed E-state index contributed by atoms with van der Waals surface area (Å²) in [6.07, 6.45) is 2.42. The molecule has 38 heavy (non-hydrogen) atoms. The molecule has 0 aliphatic carbocycles. The Morgan fingerprint density at radius 1 is 0.947 bits per heavy atom. The Kier molecular flexibility index (Phi) is 8.92. The highest BCUT2D eigenvalue weighted by Gasteiger charge is 2.24. The first-order valence-electron chi connectivity index (χ1n) is 12.6. The molecule has 0 radical (unpaired) electrons. The zero-order valence-electron chi connectivity index (χ0n) is 21.9. The highest BCUT2D eigenvalue weighted by Crippen LogP contribution is 2.22. The van der Waals surface area contributed by atoms with Crippen molar-refractivity contribution in [2.45, 2.75) is 6.42 Å². The zero-order chi connectivity index (χ0) is 26.9. The van der Waals surface area contributed by atoms with Gasteiger partial charge in [-0.2, -0.15) is 0 Å². The van der Waals surface area contributed by atoms with E-state index in [1.54, 1.807) is 44.6 Å². The normalized spacial score (nSPS) is 13.4. The summed E-state index contributed by atoms with van der Waals surface area (Å²) in [5.41, 5.74) is 2.22. The molecule has 0 spiro atoms. The molecule has 0 saturated carbocycles. The number of aromatic nitrogens is 2. The second-order valence-electron chi connectivity index (χ2n) is 8.93. The fourth-order valence-corrected chi connectivity index (χ4v) is 4.38. The fraction of sp³-hybridized carbons (Fsp3) is 0.310. The molecular formula is C29H33N5O4. The first-order chi connectivity index (χ1) is 18.5. The van der Waals surface area contributed by atoms with Crippen LogP contribution in [0.2, 0.25) is 0 Å². The van der Waals surface area contributed by atoms with Crippen LogP contribution in [0.15, 0.2) is 73.3 Å². The minimum atomic E-state index is -0.235. The summed E-state index contributed by atoms with van der Waals surface area (Å²) in [7, 11) is 3.19. The summed E-state index contributed by atoms with van der Waals surface area (Å²) in [6.45, 7) is 6.56. The van der Waals surface area contributed by atoms with E-state index in [9.17, 15) is 9.59 Å². The molecule has 2 aromatic carbocycles. The van der Waals surface area contributed by atoms with Gasteiger partial charge in [0.25, 0.3) is 5.91 Å². The smallest absolute Gasteiger partial charge is 0.254 e. The number of hydrogen-bond donors (Lipinski definition) is 0. The van der Waals surface area contributed by atoms with Crippen molar-refractivity contribution >= 4 is 17.6 Å². The van der Waals surface area contributed by atoms with Crippen molar-refractivity contribution in [2.75, 3.05) is 58.4 Å². The monoisotopic (exact) mass is 515 g/mol. The quantitative estimate of drug-likeness (QED) is 0.403. The maximum Gasteiger partial charge on any atom is 0.254 e. The minimum absolute atomic E-state index is 0.0154. The van der Waals surface area contributed by atoms with Gasteiger partial charge in [0.05, 0.1) is 19.9 Å². The molecule has 2 amide bonds. The van der Waals surface area contributed by atoms with Gasteiger partial charge in [0.1, 0.15) is 18.0 Å². The van der Waals surface area contributed by atoms with Crippen molar-refractivity contribution in [1.82, 2.24) is 20.0 Å². The molecule has 0 unspecified atom stereocenters. The summed E-state index contributed by atoms with van der Waals surface area (Å²) in [6, 6.07) is 18.5. The summed E-state index contributed by atoms with van der Waals surface area (Å²) >= 11 is 0. The standard InChI is InChI=1S/C29H33N5O4/c1-4-15-34(29(36)23-7-5-8-25(20-23)38-3)21-28(35)33-17-6-16-32(18-19-33)27-14-13-26(30-31-27)22-9-11-24(37-2)12-10-22/h4-5,7-14,20H,1,6,15-19,21H2,2-3H3. The Hall–Kier alpha value is -4.40. The molecule has 2 heterocycles. The molecule has 0 atom stereocenters. The Morgan fingerprint density at radius 2 is 1.74 bits per heavy atom. The van der Waals surface area contributed by atoms with Gasteiger partial charge in [0, 0.05) is 43.9 Å². The van der Waals surface area contributed by atoms with E-state index in [-0.39, 0.29) is 24.9 Å². The van der Waals surface area contributed by atoms with Crippen LogP contribution in [0.25, 0.3) is 11.3 Å². The Bertz CT molecular complexity index is 1250. The molecule has 1 fully saturated rings. The van der Waals surface area contributed by atoms with Crippen LogP contribution in [0.5, 0.6) is 11.5 Å². The molecule has 1 aliphatic heterocycles. The average Bonchev–Trinajstić information content (AvgIpc) is 3.23. The van der Waals surface area contributed by atoms with Gasteiger partial charge in [-0.05, 0) is 61.0 Å². The molecule has 4 rings (SSSR count). The van der Waals surface area contributed by atoms with Crippen molar-refractivity contribution in [2.24, 2.45) is 0 Å². The lowest BCUT2D eigenvalue weighted by Crippen LogP contribution is -2.44. The molecule has 0 N–H and O–H groups in total. The number of ether oxygens (including phenoxy) is 2. The van der Waals surface area contributed by atoms with E-state index >= 15 is 0 Å². The van der Waals surface area contributed by atoms with Crippen molar-refractivity contribution in [1.29, 1.82) is 0 Å². The lowest BCUT2D eigenvalue weighted by atomic mass is 10.1. The number of carbonyl (C=O) groups is 2. The number of rotatable bonds is 9. The van der Waals surface area contributed by atoms with Crippen LogP contribution < -0.4 is 14.4 Å². The second-order valence-corrected chi connectivity index (χ2v) is 8.93. The van der Waals surface area contributed by atoms with Crippen LogP contribution >= 0.6 is 0 Å². The average molecular weight is 516 g/mol. The van der Waals surface area contributed by atoms with Gasteiger partial charge in [-0.25, -0.2) is 0 Å². The SMILES string of the molecule is C=CCN(CC(=O)N1CCCN(c2ccc(-c3ccc(OC)cc3)nn2)CC1)C(=O)c1cccc(OC)c1. The van der Waals surface area contributed by atoms with E-state index in [0.717, 1.165) is 35.8 Å². The Balaban J connectivity index is 1.37. The maximum absolute atomic E-state index is 13.2. The maximum atomic E-state index is 13.2. The number of amides is 2. The van der Waals surface area contributed by atoms with Crippen LogP contribution in [0.4, 0.5) is 5.82 Å². The van der Waals surface area contributed by atoms with Gasteiger partial charge in [0.15, 0.2) is 5.82 Å². The van der Waals surface area contributed by atoms with E-state index < -0.39 is 0 Å². The summed E-state index contributed by atoms with van der Waals surface area (Å²) in [4.78, 5) is 31.8. The Morgan fingerprint density at radius 3 is 2.42 bits per heavy atom. The highest BCUT2D eigenvalue weighted by atomic mass is 16.5. The van der Waals surface area contributed by atoms with E-state index in [4.69, 9.17) is 9.47 Å². The third-order valence-electron chi connectivity index (χ3n) is 6.49. The van der Waals surface area contributed by atoms with E-state index in [2.05, 4.69) is 21.7 Å². The molecule has 1 aromatic heterocycles. The molecule has 9 heteroatoms. The summed E-state index contributed by atoms with van der Waals surface area (Å²) in [5, 5.41) is 8.85. The molecule has 1 saturated heterocycles. The molecule has 9 nitrogen and oxygen atoms in total. The van der Waals surface area contributed by atoms with Crippen molar-refractivity contribution in [3.8, 4) is 22.8 Å². The number of nitrogens with zero attached hydrogens (tertiary/aromatic N) is 5. The van der Waals surface area contributed by atoms with Gasteiger partial charge in [-0.15, -0.1) is 16.8 Å². The summed E-state index contributed by atoms with van der Waals surface area (Å²) < 4.78 is 10.4. The molecule has 0 bridgehead atoms. The number of hydrogen-bond acceptors (Lipinski definition) is 7. The van der Waals surface area contributed by atoms with Crippen LogP contribution in [-0.2, 0) is 4.79 Å². The third kappa shape index (κ3) is 6.47. The molecule has 1 aliphatic rings. The van der Waals surface area contributed by atoms with Crippen LogP contribution in [0.3, 0.4) is 0 Å². The van der Waals surface area contributed by atoms with Crippen molar-refractivity contribution in [3.05, 3.63) is 78.9 Å². The number of carbonyl (C=O) groups excluding carboxylic acids is 2. The first-order valence-corrected chi connectivity index (χ1v) is 12.6. The Labute approximate surface area is 223 Å². The van der Waals surface area contributed by atoms with Gasteiger partial charge in [-0.3, -0.25) is 9.59 Å². The second kappa shape index (κ2) is 12.7. The topological polar surface area (TPSA) is 88.1 Å². The van der Waals surface area contributed by atoms with E-state index in [0.29, 0.717) is 30.9 Å². The largest absolute Gasteiger partial charge is 0.497 e. The van der Waals surface area contributed by atoms with E-state index in [1.165, 1.54) is 4.90 Å². The fourth-order valence-electron chi connectivity index (χ4n) is 4.38. The summed E-state index contributed by atoms with van der Waals surface area (Å²) in [5.74, 6) is 1.83. The number of anilines is 1.